The average molecular weight is 403 g/mol. The Kier molecular flexibility index (Phi) is 4.29. The first-order chi connectivity index (χ1) is 13.6. The van der Waals surface area contributed by atoms with Crippen molar-refractivity contribution in [3.05, 3.63) is 41.7 Å². The Morgan fingerprint density at radius 1 is 1.24 bits per heavy atom. The van der Waals surface area contributed by atoms with Crippen LogP contribution in [0, 0.1) is 0 Å². The van der Waals surface area contributed by atoms with Gasteiger partial charge < -0.3 is 15.6 Å². The van der Waals surface area contributed by atoms with Crippen LogP contribution in [0.1, 0.15) is 36.7 Å². The smallest absolute Gasteiger partial charge is 0.351 e. The van der Waals surface area contributed by atoms with E-state index in [2.05, 4.69) is 39.4 Å². The molecule has 4 rings (SSSR count). The maximum Gasteiger partial charge on any atom is 0.408 e. The molecule has 1 aliphatic heterocycles. The van der Waals surface area contributed by atoms with Gasteiger partial charge in [-0.25, -0.2) is 4.98 Å². The third-order valence-corrected chi connectivity index (χ3v) is 5.26. The number of amides is 1. The third-order valence-electron chi connectivity index (χ3n) is 5.26. The van der Waals surface area contributed by atoms with Crippen molar-refractivity contribution in [2.75, 3.05) is 11.9 Å². The minimum absolute atomic E-state index is 0.0948. The molecular weight excluding hydrogens is 383 g/mol. The predicted octanol–water partition coefficient (Wildman–Crippen LogP) is 4.01. The lowest BCUT2D eigenvalue weighted by Gasteiger charge is -2.32. The summed E-state index contributed by atoms with van der Waals surface area (Å²) in [6.45, 7) is 5.69. The predicted molar refractivity (Wildman–Crippen MR) is 104 cm³/mol. The number of carbonyl (C=O) groups is 1. The van der Waals surface area contributed by atoms with Gasteiger partial charge in [0.1, 0.15) is 11.7 Å². The van der Waals surface area contributed by atoms with Crippen LogP contribution in [0.3, 0.4) is 0 Å². The Balaban J connectivity index is 1.72. The normalized spacial score (nSPS) is 17.0. The topological polar surface area (TPSA) is 82.7 Å². The highest BCUT2D eigenvalue weighted by atomic mass is 19.4. The Hall–Kier alpha value is -3.10. The van der Waals surface area contributed by atoms with E-state index in [9.17, 15) is 18.0 Å². The lowest BCUT2D eigenvalue weighted by atomic mass is 9.78. The molecule has 1 atom stereocenters. The second-order valence-electron chi connectivity index (χ2n) is 7.89. The molecule has 6 nitrogen and oxygen atoms in total. The van der Waals surface area contributed by atoms with Gasteiger partial charge in [0.05, 0.1) is 0 Å². The minimum Gasteiger partial charge on any atom is -0.351 e. The van der Waals surface area contributed by atoms with Crippen molar-refractivity contribution in [3.8, 4) is 11.1 Å². The van der Waals surface area contributed by atoms with Gasteiger partial charge in [-0.1, -0.05) is 19.9 Å². The second-order valence-corrected chi connectivity index (χ2v) is 7.89. The molecule has 1 amide bonds. The Morgan fingerprint density at radius 2 is 2.00 bits per heavy atom. The molecule has 9 heteroatoms. The van der Waals surface area contributed by atoms with Crippen molar-refractivity contribution in [1.29, 1.82) is 0 Å². The van der Waals surface area contributed by atoms with Gasteiger partial charge in [-0.3, -0.25) is 4.79 Å². The SMILES string of the molecule is CC(Nc1ncc2c(-c3ccc4c(c3)C(C)(C)CNC4=O)c[nH]c2n1)C(F)(F)F. The van der Waals surface area contributed by atoms with Gasteiger partial charge in [0.25, 0.3) is 5.91 Å². The summed E-state index contributed by atoms with van der Waals surface area (Å²) in [6, 6.07) is 3.86. The van der Waals surface area contributed by atoms with Crippen LogP contribution in [0.4, 0.5) is 19.1 Å². The number of fused-ring (bicyclic) bond motifs is 2. The molecule has 0 radical (unpaired) electrons. The maximum atomic E-state index is 12.7. The molecule has 0 fully saturated rings. The van der Waals surface area contributed by atoms with Gasteiger partial charge >= 0.3 is 6.18 Å². The maximum absolute atomic E-state index is 12.7. The van der Waals surface area contributed by atoms with Crippen molar-refractivity contribution < 1.29 is 18.0 Å². The van der Waals surface area contributed by atoms with Gasteiger partial charge in [0.2, 0.25) is 5.95 Å². The highest BCUT2D eigenvalue weighted by Crippen LogP contribution is 2.35. The van der Waals surface area contributed by atoms with Crippen LogP contribution in [-0.2, 0) is 5.41 Å². The summed E-state index contributed by atoms with van der Waals surface area (Å²) >= 11 is 0. The molecule has 29 heavy (non-hydrogen) atoms. The molecule has 0 aliphatic carbocycles. The number of halogens is 3. The fraction of sp³-hybridized carbons (Fsp3) is 0.350. The number of hydrogen-bond acceptors (Lipinski definition) is 4. The summed E-state index contributed by atoms with van der Waals surface area (Å²) < 4.78 is 38.2. The van der Waals surface area contributed by atoms with Crippen LogP contribution in [0.5, 0.6) is 0 Å². The lowest BCUT2D eigenvalue weighted by molar-refractivity contribution is -0.138. The quantitative estimate of drug-likeness (QED) is 0.617. The summed E-state index contributed by atoms with van der Waals surface area (Å²) in [4.78, 5) is 23.4. The zero-order valence-corrected chi connectivity index (χ0v) is 16.1. The first kappa shape index (κ1) is 19.2. The minimum atomic E-state index is -4.39. The van der Waals surface area contributed by atoms with Crippen LogP contribution in [0.15, 0.2) is 30.6 Å². The van der Waals surface area contributed by atoms with Crippen molar-refractivity contribution in [3.63, 3.8) is 0 Å². The standard InChI is InChI=1S/C20H20F3N5O/c1-10(20(21,22)23)27-18-25-8-14-13(7-24-16(14)28-18)11-4-5-12-15(6-11)19(2,3)9-26-17(12)29/h4-8,10H,9H2,1-3H3,(H,26,29)(H2,24,25,27,28). The van der Waals surface area contributed by atoms with E-state index in [4.69, 9.17) is 0 Å². The summed E-state index contributed by atoms with van der Waals surface area (Å²) in [5.74, 6) is -0.193. The molecule has 1 aliphatic rings. The highest BCUT2D eigenvalue weighted by Gasteiger charge is 2.36. The number of nitrogens with zero attached hydrogens (tertiary/aromatic N) is 2. The Labute approximate surface area is 164 Å². The zero-order chi connectivity index (χ0) is 21.0. The largest absolute Gasteiger partial charge is 0.408 e. The molecule has 3 heterocycles. The molecule has 1 aromatic carbocycles. The molecule has 0 bridgehead atoms. The number of aromatic amines is 1. The van der Waals surface area contributed by atoms with Gasteiger partial charge in [0.15, 0.2) is 0 Å². The first-order valence-corrected chi connectivity index (χ1v) is 9.17. The lowest BCUT2D eigenvalue weighted by Crippen LogP contribution is -2.43. The van der Waals surface area contributed by atoms with E-state index in [-0.39, 0.29) is 17.3 Å². The van der Waals surface area contributed by atoms with Gasteiger partial charge in [-0.15, -0.1) is 0 Å². The molecule has 0 saturated heterocycles. The molecule has 3 N–H and O–H groups in total. The number of alkyl halides is 3. The third kappa shape index (κ3) is 3.41. The van der Waals surface area contributed by atoms with Crippen LogP contribution in [-0.4, -0.2) is 39.6 Å². The van der Waals surface area contributed by atoms with Crippen molar-refractivity contribution in [2.45, 2.75) is 38.4 Å². The molecular formula is C20H20F3N5O. The van der Waals surface area contributed by atoms with Crippen molar-refractivity contribution in [2.24, 2.45) is 0 Å². The number of rotatable bonds is 3. The fourth-order valence-electron chi connectivity index (χ4n) is 3.45. The first-order valence-electron chi connectivity index (χ1n) is 9.17. The van der Waals surface area contributed by atoms with Crippen molar-refractivity contribution in [1.82, 2.24) is 20.3 Å². The van der Waals surface area contributed by atoms with E-state index in [1.165, 1.54) is 6.20 Å². The molecule has 0 spiro atoms. The number of H-pyrrole nitrogens is 1. The summed E-state index contributed by atoms with van der Waals surface area (Å²) in [7, 11) is 0. The Morgan fingerprint density at radius 3 is 2.72 bits per heavy atom. The summed E-state index contributed by atoms with van der Waals surface area (Å²) in [5, 5.41) is 5.85. The monoisotopic (exact) mass is 403 g/mol. The molecule has 0 saturated carbocycles. The number of nitrogens with one attached hydrogen (secondary N) is 3. The number of aromatic nitrogens is 3. The van der Waals surface area contributed by atoms with Crippen LogP contribution >= 0.6 is 0 Å². The van der Waals surface area contributed by atoms with E-state index < -0.39 is 12.2 Å². The van der Waals surface area contributed by atoms with Crippen LogP contribution in [0.2, 0.25) is 0 Å². The fourth-order valence-corrected chi connectivity index (χ4v) is 3.45. The molecule has 2 aromatic heterocycles. The van der Waals surface area contributed by atoms with Gasteiger partial charge in [-0.2, -0.15) is 18.2 Å². The van der Waals surface area contributed by atoms with E-state index in [1.54, 1.807) is 12.3 Å². The molecule has 152 valence electrons. The number of hydrogen-bond donors (Lipinski definition) is 3. The van der Waals surface area contributed by atoms with E-state index >= 15 is 0 Å². The van der Waals surface area contributed by atoms with Crippen LogP contribution in [0.25, 0.3) is 22.2 Å². The van der Waals surface area contributed by atoms with E-state index in [0.717, 1.165) is 23.6 Å². The van der Waals surface area contributed by atoms with Crippen molar-refractivity contribution >= 4 is 22.9 Å². The number of carbonyl (C=O) groups excluding carboxylic acids is 1. The molecule has 1 unspecified atom stereocenters. The molecule has 3 aromatic rings. The summed E-state index contributed by atoms with van der Waals surface area (Å²) in [5.41, 5.74) is 3.51. The van der Waals surface area contributed by atoms with Crippen LogP contribution < -0.4 is 10.6 Å². The average Bonchev–Trinajstić information content (AvgIpc) is 3.07. The number of benzene rings is 1. The number of anilines is 1. The Bertz CT molecular complexity index is 1100. The van der Waals surface area contributed by atoms with Gasteiger partial charge in [0, 0.05) is 40.9 Å². The highest BCUT2D eigenvalue weighted by molar-refractivity contribution is 5.99. The summed E-state index contributed by atoms with van der Waals surface area (Å²) in [6.07, 6.45) is -1.15. The van der Waals surface area contributed by atoms with E-state index in [1.807, 2.05) is 12.1 Å². The van der Waals surface area contributed by atoms with E-state index in [0.29, 0.717) is 23.1 Å². The second kappa shape index (κ2) is 6.47. The zero-order valence-electron chi connectivity index (χ0n) is 16.1. The van der Waals surface area contributed by atoms with Gasteiger partial charge in [-0.05, 0) is 30.2 Å².